The Labute approximate surface area is 149 Å². The van der Waals surface area contributed by atoms with Crippen LogP contribution in [0.5, 0.6) is 11.5 Å². The standard InChI is InChI=1S/C18H17N3O5/c1-24-14-8-12-13(9-15(14)25-2)20-16(19-12)17(22)21-11-7-5-4-6-10(11)18(23)26-3/h4-9H,1-3H3,(H,19,20)(H,21,22). The summed E-state index contributed by atoms with van der Waals surface area (Å²) in [5.74, 6) is 0.0894. The van der Waals surface area contributed by atoms with Gasteiger partial charge in [-0.1, -0.05) is 12.1 Å². The molecule has 3 aromatic rings. The van der Waals surface area contributed by atoms with Crippen molar-refractivity contribution in [3.05, 3.63) is 47.8 Å². The first-order valence-electron chi connectivity index (χ1n) is 7.67. The van der Waals surface area contributed by atoms with Crippen molar-refractivity contribution in [2.24, 2.45) is 0 Å². The summed E-state index contributed by atoms with van der Waals surface area (Å²) in [6.07, 6.45) is 0. The fourth-order valence-corrected chi connectivity index (χ4v) is 2.51. The first-order chi connectivity index (χ1) is 12.6. The van der Waals surface area contributed by atoms with Gasteiger partial charge in [0.25, 0.3) is 5.91 Å². The van der Waals surface area contributed by atoms with Crippen LogP contribution in [0.2, 0.25) is 0 Å². The minimum atomic E-state index is -0.542. The van der Waals surface area contributed by atoms with Crippen LogP contribution in [-0.4, -0.2) is 43.2 Å². The van der Waals surface area contributed by atoms with Crippen molar-refractivity contribution in [2.75, 3.05) is 26.6 Å². The first-order valence-corrected chi connectivity index (χ1v) is 7.67. The lowest BCUT2D eigenvalue weighted by Gasteiger charge is -2.08. The number of aromatic amines is 1. The highest BCUT2D eigenvalue weighted by Crippen LogP contribution is 2.31. The smallest absolute Gasteiger partial charge is 0.339 e. The van der Waals surface area contributed by atoms with Crippen LogP contribution in [-0.2, 0) is 4.74 Å². The summed E-state index contributed by atoms with van der Waals surface area (Å²) < 4.78 is 15.2. The van der Waals surface area contributed by atoms with E-state index in [0.29, 0.717) is 28.2 Å². The van der Waals surface area contributed by atoms with Crippen LogP contribution >= 0.6 is 0 Å². The van der Waals surface area contributed by atoms with Gasteiger partial charge >= 0.3 is 5.97 Å². The fourth-order valence-electron chi connectivity index (χ4n) is 2.51. The van der Waals surface area contributed by atoms with Crippen molar-refractivity contribution in [1.82, 2.24) is 9.97 Å². The molecule has 2 N–H and O–H groups in total. The monoisotopic (exact) mass is 355 g/mol. The van der Waals surface area contributed by atoms with E-state index in [4.69, 9.17) is 14.2 Å². The van der Waals surface area contributed by atoms with Gasteiger partial charge in [0, 0.05) is 12.1 Å². The Bertz CT molecular complexity index is 939. The third kappa shape index (κ3) is 3.16. The van der Waals surface area contributed by atoms with Crippen LogP contribution in [0.1, 0.15) is 21.0 Å². The lowest BCUT2D eigenvalue weighted by atomic mass is 10.2. The number of ether oxygens (including phenoxy) is 3. The number of anilines is 1. The summed E-state index contributed by atoms with van der Waals surface area (Å²) in [7, 11) is 4.33. The van der Waals surface area contributed by atoms with E-state index in [1.165, 1.54) is 21.3 Å². The normalized spacial score (nSPS) is 10.4. The number of fused-ring (bicyclic) bond motifs is 1. The maximum absolute atomic E-state index is 12.5. The van der Waals surface area contributed by atoms with E-state index >= 15 is 0 Å². The summed E-state index contributed by atoms with van der Waals surface area (Å²) in [5.41, 5.74) is 1.76. The van der Waals surface area contributed by atoms with Crippen molar-refractivity contribution in [1.29, 1.82) is 0 Å². The second-order valence-corrected chi connectivity index (χ2v) is 5.30. The third-order valence-electron chi connectivity index (χ3n) is 3.78. The number of imidazole rings is 1. The number of hydrogen-bond donors (Lipinski definition) is 2. The lowest BCUT2D eigenvalue weighted by molar-refractivity contribution is 0.0602. The van der Waals surface area contributed by atoms with Gasteiger partial charge in [-0.15, -0.1) is 0 Å². The van der Waals surface area contributed by atoms with E-state index in [9.17, 15) is 9.59 Å². The zero-order chi connectivity index (χ0) is 18.7. The van der Waals surface area contributed by atoms with Crippen LogP contribution in [0.3, 0.4) is 0 Å². The van der Waals surface area contributed by atoms with Gasteiger partial charge in [0.15, 0.2) is 17.3 Å². The minimum Gasteiger partial charge on any atom is -0.493 e. The molecule has 1 aromatic heterocycles. The molecule has 26 heavy (non-hydrogen) atoms. The average molecular weight is 355 g/mol. The Morgan fingerprint density at radius 2 is 1.73 bits per heavy atom. The van der Waals surface area contributed by atoms with Crippen molar-refractivity contribution < 1.29 is 23.8 Å². The molecule has 0 aliphatic rings. The van der Waals surface area contributed by atoms with Gasteiger partial charge in [-0.2, -0.15) is 0 Å². The molecule has 0 unspecified atom stereocenters. The highest BCUT2D eigenvalue weighted by Gasteiger charge is 2.18. The Morgan fingerprint density at radius 3 is 2.42 bits per heavy atom. The van der Waals surface area contributed by atoms with E-state index in [2.05, 4.69) is 15.3 Å². The number of para-hydroxylation sites is 1. The number of carbonyl (C=O) groups is 2. The van der Waals surface area contributed by atoms with Crippen LogP contribution in [0.25, 0.3) is 11.0 Å². The Hall–Kier alpha value is -3.55. The summed E-state index contributed by atoms with van der Waals surface area (Å²) in [4.78, 5) is 31.5. The quantitative estimate of drug-likeness (QED) is 0.682. The number of H-pyrrole nitrogens is 1. The molecule has 0 aliphatic heterocycles. The largest absolute Gasteiger partial charge is 0.493 e. The average Bonchev–Trinajstić information content (AvgIpc) is 3.09. The molecule has 2 aromatic carbocycles. The van der Waals surface area contributed by atoms with Crippen molar-refractivity contribution in [3.63, 3.8) is 0 Å². The number of benzene rings is 2. The molecule has 3 rings (SSSR count). The van der Waals surface area contributed by atoms with E-state index in [1.54, 1.807) is 36.4 Å². The summed E-state index contributed by atoms with van der Waals surface area (Å²) >= 11 is 0. The Kier molecular flexibility index (Phi) is 4.74. The summed E-state index contributed by atoms with van der Waals surface area (Å²) in [5, 5.41) is 2.66. The van der Waals surface area contributed by atoms with E-state index in [-0.39, 0.29) is 11.4 Å². The van der Waals surface area contributed by atoms with Gasteiger partial charge in [0.05, 0.1) is 43.6 Å². The number of carbonyl (C=O) groups excluding carboxylic acids is 2. The Morgan fingerprint density at radius 1 is 1.04 bits per heavy atom. The molecule has 8 nitrogen and oxygen atoms in total. The van der Waals surface area contributed by atoms with Crippen molar-refractivity contribution in [2.45, 2.75) is 0 Å². The number of aromatic nitrogens is 2. The van der Waals surface area contributed by atoms with Gasteiger partial charge in [-0.05, 0) is 12.1 Å². The first kappa shape index (κ1) is 17.3. The predicted molar refractivity (Wildman–Crippen MR) is 94.9 cm³/mol. The number of nitrogens with one attached hydrogen (secondary N) is 2. The van der Waals surface area contributed by atoms with Gasteiger partial charge in [0.2, 0.25) is 0 Å². The molecular formula is C18H17N3O5. The topological polar surface area (TPSA) is 103 Å². The number of esters is 1. The van der Waals surface area contributed by atoms with Crippen LogP contribution in [0.4, 0.5) is 5.69 Å². The van der Waals surface area contributed by atoms with E-state index in [1.807, 2.05) is 0 Å². The van der Waals surface area contributed by atoms with Gasteiger partial charge in [0.1, 0.15) is 0 Å². The predicted octanol–water partition coefficient (Wildman–Crippen LogP) is 2.62. The molecule has 1 heterocycles. The molecule has 0 atom stereocenters. The Balaban J connectivity index is 1.93. The summed E-state index contributed by atoms with van der Waals surface area (Å²) in [6, 6.07) is 9.93. The van der Waals surface area contributed by atoms with Crippen molar-refractivity contribution >= 4 is 28.6 Å². The zero-order valence-corrected chi connectivity index (χ0v) is 14.5. The number of nitrogens with zero attached hydrogens (tertiary/aromatic N) is 1. The number of methoxy groups -OCH3 is 3. The molecule has 0 aliphatic carbocycles. The second kappa shape index (κ2) is 7.14. The molecule has 0 saturated carbocycles. The molecule has 134 valence electrons. The molecule has 0 saturated heterocycles. The lowest BCUT2D eigenvalue weighted by Crippen LogP contribution is -2.16. The van der Waals surface area contributed by atoms with E-state index < -0.39 is 11.9 Å². The number of rotatable bonds is 5. The molecule has 8 heteroatoms. The molecule has 0 radical (unpaired) electrons. The number of amides is 1. The van der Waals surface area contributed by atoms with Gasteiger partial charge < -0.3 is 24.5 Å². The molecule has 0 fully saturated rings. The highest BCUT2D eigenvalue weighted by molar-refractivity contribution is 6.07. The van der Waals surface area contributed by atoms with Crippen molar-refractivity contribution in [3.8, 4) is 11.5 Å². The van der Waals surface area contributed by atoms with Crippen LogP contribution in [0, 0.1) is 0 Å². The maximum Gasteiger partial charge on any atom is 0.339 e. The maximum atomic E-state index is 12.5. The molecule has 1 amide bonds. The fraction of sp³-hybridized carbons (Fsp3) is 0.167. The van der Waals surface area contributed by atoms with Gasteiger partial charge in [-0.25, -0.2) is 9.78 Å². The highest BCUT2D eigenvalue weighted by atomic mass is 16.5. The van der Waals surface area contributed by atoms with Gasteiger partial charge in [-0.3, -0.25) is 4.79 Å². The molecular weight excluding hydrogens is 338 g/mol. The van der Waals surface area contributed by atoms with Crippen LogP contribution in [0.15, 0.2) is 36.4 Å². The molecule has 0 bridgehead atoms. The third-order valence-corrected chi connectivity index (χ3v) is 3.78. The SMILES string of the molecule is COC(=O)c1ccccc1NC(=O)c1nc2cc(OC)c(OC)cc2[nH]1. The summed E-state index contributed by atoms with van der Waals surface area (Å²) in [6.45, 7) is 0. The molecule has 0 spiro atoms. The minimum absolute atomic E-state index is 0.0926. The van der Waals surface area contributed by atoms with Crippen LogP contribution < -0.4 is 14.8 Å². The van der Waals surface area contributed by atoms with E-state index in [0.717, 1.165) is 0 Å². The zero-order valence-electron chi connectivity index (χ0n) is 14.5. The number of hydrogen-bond acceptors (Lipinski definition) is 6. The second-order valence-electron chi connectivity index (χ2n) is 5.30.